The zero-order valence-corrected chi connectivity index (χ0v) is 27.1. The van der Waals surface area contributed by atoms with Gasteiger partial charge in [-0.3, -0.25) is 14.7 Å². The van der Waals surface area contributed by atoms with Crippen LogP contribution >= 0.6 is 0 Å². The van der Waals surface area contributed by atoms with Crippen LogP contribution in [0.4, 0.5) is 9.59 Å². The van der Waals surface area contributed by atoms with E-state index in [-0.39, 0.29) is 30.2 Å². The summed E-state index contributed by atoms with van der Waals surface area (Å²) in [6.07, 6.45) is 6.37. The van der Waals surface area contributed by atoms with Gasteiger partial charge >= 0.3 is 12.2 Å². The number of imidazole rings is 1. The fourth-order valence-electron chi connectivity index (χ4n) is 5.68. The number of hydrogen-bond donors (Lipinski definition) is 2. The van der Waals surface area contributed by atoms with Gasteiger partial charge in [0.1, 0.15) is 17.0 Å². The van der Waals surface area contributed by atoms with E-state index in [1.165, 1.54) is 0 Å². The van der Waals surface area contributed by atoms with Gasteiger partial charge < -0.3 is 24.7 Å². The lowest BCUT2D eigenvalue weighted by Gasteiger charge is -2.28. The Morgan fingerprint density at radius 2 is 1.47 bits per heavy atom. The highest BCUT2D eigenvalue weighted by Crippen LogP contribution is 2.33. The molecular weight excluding hydrogens is 572 g/mol. The molecule has 5 rings (SSSR count). The summed E-state index contributed by atoms with van der Waals surface area (Å²) in [7, 11) is 0. The van der Waals surface area contributed by atoms with Crippen LogP contribution in [0, 0.1) is 0 Å². The Kier molecular flexibility index (Phi) is 9.18. The number of H-pyrrole nitrogens is 1. The normalized spacial score (nSPS) is 18.6. The largest absolute Gasteiger partial charge is 0.444 e. The van der Waals surface area contributed by atoms with E-state index in [0.29, 0.717) is 25.2 Å². The molecule has 45 heavy (non-hydrogen) atoms. The highest BCUT2D eigenvalue weighted by Gasteiger charge is 2.35. The van der Waals surface area contributed by atoms with Crippen molar-refractivity contribution >= 4 is 18.1 Å². The first-order valence-corrected chi connectivity index (χ1v) is 15.7. The van der Waals surface area contributed by atoms with Gasteiger partial charge in [-0.15, -0.1) is 0 Å². The third kappa shape index (κ3) is 8.01. The number of hydrogen-bond acceptors (Lipinski definition) is 7. The molecule has 2 aliphatic rings. The van der Waals surface area contributed by atoms with Crippen LogP contribution in [0.3, 0.4) is 0 Å². The standard InChI is InChI=1S/C34H44N6O5/c1-33(2,3)44-31(42)39-17-7-9-25(39)20-37-30(41)23-13-11-22(12-14-23)26-16-15-24(19-35-26)27-21-36-29(38-27)28-10-8-18-40(28)32(43)45-34(4,5)6/h11-16,19,21,25,28H,7-10,17-18,20H2,1-6H3,(H,36,38)(H,37,41)/t25-,28-/m0/s1. The van der Waals surface area contributed by atoms with E-state index in [0.717, 1.165) is 54.0 Å². The Balaban J connectivity index is 1.17. The summed E-state index contributed by atoms with van der Waals surface area (Å²) in [5, 5.41) is 2.97. The van der Waals surface area contributed by atoms with E-state index < -0.39 is 11.2 Å². The average molecular weight is 617 g/mol. The van der Waals surface area contributed by atoms with Crippen LogP contribution < -0.4 is 5.32 Å². The van der Waals surface area contributed by atoms with Crippen LogP contribution in [0.5, 0.6) is 0 Å². The molecule has 2 atom stereocenters. The van der Waals surface area contributed by atoms with Gasteiger partial charge in [-0.25, -0.2) is 14.6 Å². The van der Waals surface area contributed by atoms with Gasteiger partial charge in [0.15, 0.2) is 0 Å². The van der Waals surface area contributed by atoms with Gasteiger partial charge in [0.05, 0.1) is 23.5 Å². The zero-order chi connectivity index (χ0) is 32.4. The van der Waals surface area contributed by atoms with E-state index in [9.17, 15) is 14.4 Å². The first-order valence-electron chi connectivity index (χ1n) is 15.7. The fourth-order valence-corrected chi connectivity index (χ4v) is 5.68. The van der Waals surface area contributed by atoms with Crippen LogP contribution in [0.1, 0.15) is 89.4 Å². The maximum absolute atomic E-state index is 12.9. The molecule has 0 bridgehead atoms. The number of nitrogens with one attached hydrogen (secondary N) is 2. The molecule has 4 heterocycles. The van der Waals surface area contributed by atoms with E-state index in [2.05, 4.69) is 15.3 Å². The van der Waals surface area contributed by atoms with Gasteiger partial charge in [0, 0.05) is 48.7 Å². The molecule has 2 aliphatic heterocycles. The number of pyridine rings is 1. The number of carbonyl (C=O) groups excluding carboxylic acids is 3. The molecule has 11 heteroatoms. The molecule has 2 aromatic heterocycles. The molecule has 2 N–H and O–H groups in total. The van der Waals surface area contributed by atoms with E-state index in [1.807, 2.05) is 72.0 Å². The molecule has 3 aromatic rings. The molecule has 11 nitrogen and oxygen atoms in total. The monoisotopic (exact) mass is 616 g/mol. The van der Waals surface area contributed by atoms with Crippen LogP contribution in [0.25, 0.3) is 22.5 Å². The van der Waals surface area contributed by atoms with Gasteiger partial charge in [-0.05, 0) is 91.5 Å². The van der Waals surface area contributed by atoms with Crippen molar-refractivity contribution in [1.29, 1.82) is 0 Å². The van der Waals surface area contributed by atoms with Crippen molar-refractivity contribution in [3.8, 4) is 22.5 Å². The molecule has 240 valence electrons. The minimum Gasteiger partial charge on any atom is -0.444 e. The summed E-state index contributed by atoms with van der Waals surface area (Å²) >= 11 is 0. The van der Waals surface area contributed by atoms with Gasteiger partial charge in [-0.1, -0.05) is 12.1 Å². The van der Waals surface area contributed by atoms with Crippen molar-refractivity contribution < 1.29 is 23.9 Å². The molecule has 0 unspecified atom stereocenters. The Bertz CT molecular complexity index is 1500. The van der Waals surface area contributed by atoms with Crippen molar-refractivity contribution in [2.75, 3.05) is 19.6 Å². The number of benzene rings is 1. The van der Waals surface area contributed by atoms with Crippen LogP contribution in [-0.2, 0) is 9.47 Å². The van der Waals surface area contributed by atoms with Crippen molar-refractivity contribution in [2.45, 2.75) is 90.5 Å². The van der Waals surface area contributed by atoms with Crippen LogP contribution in [0.15, 0.2) is 48.8 Å². The second-order valence-corrected chi connectivity index (χ2v) is 13.7. The van der Waals surface area contributed by atoms with E-state index in [4.69, 9.17) is 14.5 Å². The summed E-state index contributed by atoms with van der Waals surface area (Å²) in [5.41, 5.74) is 2.68. The number of aromatic nitrogens is 3. The van der Waals surface area contributed by atoms with Crippen molar-refractivity contribution in [2.24, 2.45) is 0 Å². The Morgan fingerprint density at radius 1 is 0.844 bits per heavy atom. The smallest absolute Gasteiger partial charge is 0.410 e. The quantitative estimate of drug-likeness (QED) is 0.331. The predicted molar refractivity (Wildman–Crippen MR) is 170 cm³/mol. The molecule has 0 spiro atoms. The maximum Gasteiger partial charge on any atom is 0.410 e. The topological polar surface area (TPSA) is 130 Å². The lowest BCUT2D eigenvalue weighted by atomic mass is 10.1. The van der Waals surface area contributed by atoms with Crippen LogP contribution in [0.2, 0.25) is 0 Å². The fraction of sp³-hybridized carbons (Fsp3) is 0.500. The Hall–Kier alpha value is -4.41. The summed E-state index contributed by atoms with van der Waals surface area (Å²) in [6.45, 7) is 12.8. The molecule has 2 fully saturated rings. The highest BCUT2D eigenvalue weighted by molar-refractivity contribution is 5.94. The summed E-state index contributed by atoms with van der Waals surface area (Å²) in [4.78, 5) is 54.3. The third-order valence-electron chi connectivity index (χ3n) is 7.80. The third-order valence-corrected chi connectivity index (χ3v) is 7.80. The predicted octanol–water partition coefficient (Wildman–Crippen LogP) is 6.34. The first-order chi connectivity index (χ1) is 21.3. The lowest BCUT2D eigenvalue weighted by Crippen LogP contribution is -2.45. The summed E-state index contributed by atoms with van der Waals surface area (Å²) in [5.74, 6) is 0.541. The molecule has 0 aliphatic carbocycles. The maximum atomic E-state index is 12.9. The number of nitrogens with zero attached hydrogens (tertiary/aromatic N) is 4. The molecule has 0 saturated carbocycles. The first kappa shape index (κ1) is 32.0. The number of likely N-dealkylation sites (tertiary alicyclic amines) is 2. The zero-order valence-electron chi connectivity index (χ0n) is 27.1. The van der Waals surface area contributed by atoms with Crippen molar-refractivity contribution in [3.63, 3.8) is 0 Å². The molecule has 1 aromatic carbocycles. The van der Waals surface area contributed by atoms with Crippen molar-refractivity contribution in [1.82, 2.24) is 30.1 Å². The van der Waals surface area contributed by atoms with Crippen molar-refractivity contribution in [3.05, 3.63) is 60.2 Å². The number of ether oxygens (including phenoxy) is 2. The van der Waals surface area contributed by atoms with Gasteiger partial charge in [0.25, 0.3) is 5.91 Å². The lowest BCUT2D eigenvalue weighted by molar-refractivity contribution is 0.0211. The SMILES string of the molecule is CC(C)(C)OC(=O)N1CCC[C@H]1CNC(=O)c1ccc(-c2ccc(-c3c[nH]c([C@@H]4CCCN4C(=O)OC(C)(C)C)n3)cn2)cc1. The summed E-state index contributed by atoms with van der Waals surface area (Å²) in [6, 6.07) is 10.9. The number of amides is 3. The highest BCUT2D eigenvalue weighted by atomic mass is 16.6. The Labute approximate surface area is 264 Å². The minimum atomic E-state index is -0.561. The molecule has 0 radical (unpaired) electrons. The number of aromatic amines is 1. The van der Waals surface area contributed by atoms with E-state index in [1.54, 1.807) is 28.1 Å². The second kappa shape index (κ2) is 12.9. The van der Waals surface area contributed by atoms with E-state index >= 15 is 0 Å². The summed E-state index contributed by atoms with van der Waals surface area (Å²) < 4.78 is 11.1. The van der Waals surface area contributed by atoms with Crippen LogP contribution in [-0.4, -0.2) is 79.7 Å². The Morgan fingerprint density at radius 3 is 2.11 bits per heavy atom. The molecule has 3 amide bonds. The van der Waals surface area contributed by atoms with Gasteiger partial charge in [0.2, 0.25) is 0 Å². The van der Waals surface area contributed by atoms with Gasteiger partial charge in [-0.2, -0.15) is 0 Å². The number of carbonyl (C=O) groups is 3. The molecular formula is C34H44N6O5. The minimum absolute atomic E-state index is 0.0848. The molecule has 2 saturated heterocycles. The average Bonchev–Trinajstić information content (AvgIpc) is 3.75. The second-order valence-electron chi connectivity index (χ2n) is 13.7. The number of rotatable bonds is 6.